The molecule has 5 nitrogen and oxygen atoms in total. The van der Waals surface area contributed by atoms with Crippen LogP contribution < -0.4 is 5.32 Å². The van der Waals surface area contributed by atoms with E-state index in [-0.39, 0.29) is 18.1 Å². The van der Waals surface area contributed by atoms with Crippen LogP contribution in [0, 0.1) is 0 Å². The Morgan fingerprint density at radius 1 is 1.36 bits per heavy atom. The van der Waals surface area contributed by atoms with Gasteiger partial charge in [-0.2, -0.15) is 0 Å². The van der Waals surface area contributed by atoms with Gasteiger partial charge in [-0.1, -0.05) is 6.07 Å². The molecule has 2 aliphatic rings. The number of β-amino-alcohol motifs (C(OH)–C–C–N with tert-alkyl or cyclic N) is 1. The second-order valence-electron chi connectivity index (χ2n) is 6.43. The largest absolute Gasteiger partial charge is 0.392 e. The van der Waals surface area contributed by atoms with E-state index in [1.165, 1.54) is 0 Å². The van der Waals surface area contributed by atoms with Crippen molar-refractivity contribution in [3.05, 3.63) is 30.1 Å². The molecule has 22 heavy (non-hydrogen) atoms. The fraction of sp³-hybridized carbons (Fsp3) is 0.647. The first-order chi connectivity index (χ1) is 10.7. The van der Waals surface area contributed by atoms with Gasteiger partial charge in [-0.3, -0.25) is 14.7 Å². The van der Waals surface area contributed by atoms with Gasteiger partial charge in [0.1, 0.15) is 0 Å². The summed E-state index contributed by atoms with van der Waals surface area (Å²) >= 11 is 0. The van der Waals surface area contributed by atoms with E-state index >= 15 is 0 Å². The Hall–Kier alpha value is -1.46. The summed E-state index contributed by atoms with van der Waals surface area (Å²) in [6, 6.07) is 6.43. The number of nitrogens with zero attached hydrogens (tertiary/aromatic N) is 2. The Bertz CT molecular complexity index is 494. The van der Waals surface area contributed by atoms with E-state index in [4.69, 9.17) is 0 Å². The van der Waals surface area contributed by atoms with E-state index in [9.17, 15) is 9.90 Å². The SMILES string of the molecule is O=C(CCc1ccccn1)N[C@@H]1CCC[C@@H]1N1CCC(O)C1. The molecule has 2 heterocycles. The Labute approximate surface area is 131 Å². The van der Waals surface area contributed by atoms with E-state index in [1.807, 2.05) is 18.2 Å². The molecule has 1 saturated carbocycles. The van der Waals surface area contributed by atoms with Gasteiger partial charge in [0.25, 0.3) is 0 Å². The van der Waals surface area contributed by atoms with Gasteiger partial charge < -0.3 is 10.4 Å². The molecule has 1 amide bonds. The summed E-state index contributed by atoms with van der Waals surface area (Å²) in [5, 5.41) is 12.9. The molecule has 2 fully saturated rings. The highest BCUT2D eigenvalue weighted by atomic mass is 16.3. The van der Waals surface area contributed by atoms with Crippen LogP contribution in [0.4, 0.5) is 0 Å². The van der Waals surface area contributed by atoms with Crippen molar-refractivity contribution in [1.82, 2.24) is 15.2 Å². The highest BCUT2D eigenvalue weighted by molar-refractivity contribution is 5.76. The molecule has 1 aliphatic heterocycles. The van der Waals surface area contributed by atoms with E-state index in [0.29, 0.717) is 18.9 Å². The van der Waals surface area contributed by atoms with Gasteiger partial charge in [-0.05, 0) is 44.2 Å². The molecule has 1 aliphatic carbocycles. The maximum Gasteiger partial charge on any atom is 0.220 e. The second-order valence-corrected chi connectivity index (χ2v) is 6.43. The minimum atomic E-state index is -0.193. The topological polar surface area (TPSA) is 65.5 Å². The third-order valence-corrected chi connectivity index (χ3v) is 4.82. The number of nitrogens with one attached hydrogen (secondary N) is 1. The smallest absolute Gasteiger partial charge is 0.220 e. The summed E-state index contributed by atoms with van der Waals surface area (Å²) in [5.74, 6) is 0.113. The maximum atomic E-state index is 12.2. The molecule has 5 heteroatoms. The molecule has 0 aromatic carbocycles. The van der Waals surface area contributed by atoms with Crippen LogP contribution in [-0.2, 0) is 11.2 Å². The lowest BCUT2D eigenvalue weighted by Crippen LogP contribution is -2.48. The first-order valence-electron chi connectivity index (χ1n) is 8.34. The normalized spacial score (nSPS) is 28.9. The van der Waals surface area contributed by atoms with Crippen LogP contribution in [0.1, 0.15) is 37.8 Å². The van der Waals surface area contributed by atoms with Crippen molar-refractivity contribution >= 4 is 5.91 Å². The molecule has 0 spiro atoms. The zero-order valence-electron chi connectivity index (χ0n) is 12.9. The molecule has 0 bridgehead atoms. The van der Waals surface area contributed by atoms with Crippen LogP contribution in [0.5, 0.6) is 0 Å². The van der Waals surface area contributed by atoms with Crippen molar-refractivity contribution < 1.29 is 9.90 Å². The van der Waals surface area contributed by atoms with Crippen LogP contribution in [0.2, 0.25) is 0 Å². The number of aromatic nitrogens is 1. The average Bonchev–Trinajstić information content (AvgIpc) is 3.15. The van der Waals surface area contributed by atoms with E-state index < -0.39 is 0 Å². The number of amides is 1. The number of carbonyl (C=O) groups excluding carboxylic acids is 1. The van der Waals surface area contributed by atoms with Gasteiger partial charge in [-0.15, -0.1) is 0 Å². The van der Waals surface area contributed by atoms with Gasteiger partial charge in [0, 0.05) is 43.5 Å². The third kappa shape index (κ3) is 3.84. The molecule has 2 N–H and O–H groups in total. The van der Waals surface area contributed by atoms with Crippen LogP contribution in [-0.4, -0.2) is 52.2 Å². The summed E-state index contributed by atoms with van der Waals surface area (Å²) in [5.41, 5.74) is 0.961. The number of pyridine rings is 1. The van der Waals surface area contributed by atoms with E-state index in [1.54, 1.807) is 6.20 Å². The van der Waals surface area contributed by atoms with Crippen molar-refractivity contribution in [3.8, 4) is 0 Å². The third-order valence-electron chi connectivity index (χ3n) is 4.82. The lowest BCUT2D eigenvalue weighted by Gasteiger charge is -2.29. The summed E-state index contributed by atoms with van der Waals surface area (Å²) < 4.78 is 0. The first kappa shape index (κ1) is 15.4. The van der Waals surface area contributed by atoms with Gasteiger partial charge in [0.2, 0.25) is 5.91 Å². The number of aliphatic hydroxyl groups excluding tert-OH is 1. The summed E-state index contributed by atoms with van der Waals surface area (Å²) in [7, 11) is 0. The van der Waals surface area contributed by atoms with Crippen LogP contribution in [0.25, 0.3) is 0 Å². The highest BCUT2D eigenvalue weighted by Gasteiger charge is 2.36. The minimum Gasteiger partial charge on any atom is -0.392 e. The van der Waals surface area contributed by atoms with Crippen molar-refractivity contribution in [2.45, 2.75) is 56.7 Å². The molecule has 3 atom stereocenters. The Kier molecular flexibility index (Phi) is 5.05. The van der Waals surface area contributed by atoms with Gasteiger partial charge in [-0.25, -0.2) is 0 Å². The number of hydrogen-bond acceptors (Lipinski definition) is 4. The summed E-state index contributed by atoms with van der Waals surface area (Å²) in [6.45, 7) is 1.71. The predicted molar refractivity (Wildman–Crippen MR) is 84.3 cm³/mol. The molecule has 1 saturated heterocycles. The number of aryl methyl sites for hydroxylation is 1. The van der Waals surface area contributed by atoms with Crippen molar-refractivity contribution in [1.29, 1.82) is 0 Å². The fourth-order valence-electron chi connectivity index (χ4n) is 3.68. The Morgan fingerprint density at radius 2 is 2.27 bits per heavy atom. The number of hydrogen-bond donors (Lipinski definition) is 2. The maximum absolute atomic E-state index is 12.2. The van der Waals surface area contributed by atoms with Gasteiger partial charge in [0.05, 0.1) is 6.10 Å². The van der Waals surface area contributed by atoms with Crippen molar-refractivity contribution in [2.24, 2.45) is 0 Å². The quantitative estimate of drug-likeness (QED) is 0.855. The van der Waals surface area contributed by atoms with E-state index in [0.717, 1.165) is 44.5 Å². The predicted octanol–water partition coefficient (Wildman–Crippen LogP) is 1.12. The molecule has 1 aromatic rings. The molecule has 1 aromatic heterocycles. The molecule has 0 radical (unpaired) electrons. The molecule has 1 unspecified atom stereocenters. The zero-order chi connectivity index (χ0) is 15.4. The molecule has 120 valence electrons. The van der Waals surface area contributed by atoms with Crippen molar-refractivity contribution in [3.63, 3.8) is 0 Å². The lowest BCUT2D eigenvalue weighted by molar-refractivity contribution is -0.122. The van der Waals surface area contributed by atoms with E-state index in [2.05, 4.69) is 15.2 Å². The summed E-state index contributed by atoms with van der Waals surface area (Å²) in [4.78, 5) is 18.8. The van der Waals surface area contributed by atoms with Crippen LogP contribution in [0.3, 0.4) is 0 Å². The van der Waals surface area contributed by atoms with Crippen molar-refractivity contribution in [2.75, 3.05) is 13.1 Å². The van der Waals surface area contributed by atoms with Crippen LogP contribution >= 0.6 is 0 Å². The molecular formula is C17H25N3O2. The summed E-state index contributed by atoms with van der Waals surface area (Å²) in [6.07, 6.45) is 6.93. The Balaban J connectivity index is 1.48. The Morgan fingerprint density at radius 3 is 3.00 bits per heavy atom. The zero-order valence-corrected chi connectivity index (χ0v) is 12.9. The number of aliphatic hydroxyl groups is 1. The number of likely N-dealkylation sites (tertiary alicyclic amines) is 1. The monoisotopic (exact) mass is 303 g/mol. The average molecular weight is 303 g/mol. The number of carbonyl (C=O) groups is 1. The molecule has 3 rings (SSSR count). The number of rotatable bonds is 5. The first-order valence-corrected chi connectivity index (χ1v) is 8.34. The molecular weight excluding hydrogens is 278 g/mol. The van der Waals surface area contributed by atoms with Gasteiger partial charge >= 0.3 is 0 Å². The standard InChI is InChI=1S/C17H25N3O2/c21-14-9-11-20(12-14)16-6-3-5-15(16)19-17(22)8-7-13-4-1-2-10-18-13/h1-2,4,10,14-16,21H,3,5-9,11-12H2,(H,19,22)/t14?,15-,16+/m1/s1. The fourth-order valence-corrected chi connectivity index (χ4v) is 3.68. The lowest BCUT2D eigenvalue weighted by atomic mass is 10.1. The second kappa shape index (κ2) is 7.20. The van der Waals surface area contributed by atoms with Gasteiger partial charge in [0.15, 0.2) is 0 Å². The highest BCUT2D eigenvalue weighted by Crippen LogP contribution is 2.27. The minimum absolute atomic E-state index is 0.113. The van der Waals surface area contributed by atoms with Crippen LogP contribution in [0.15, 0.2) is 24.4 Å².